The third-order valence-electron chi connectivity index (χ3n) is 6.06. The van der Waals surface area contributed by atoms with Crippen molar-refractivity contribution in [3.05, 3.63) is 12.7 Å². The van der Waals surface area contributed by atoms with E-state index in [2.05, 4.69) is 65.9 Å². The second-order valence-corrected chi connectivity index (χ2v) is 41.0. The zero-order valence-electron chi connectivity index (χ0n) is 28.8. The van der Waals surface area contributed by atoms with Crippen LogP contribution in [0.3, 0.4) is 0 Å². The molecule has 15 heteroatoms. The molecule has 0 saturated carbocycles. The number of carbonyl (C=O) groups is 1. The fourth-order valence-electron chi connectivity index (χ4n) is 5.53. The standard InChI is InChI=1S/C25H62O8Si7/c1-19-21-22-34(7,8)28-35(9,10)29-36(11,12)30-37(13,14)31-38(15,16)32-39(17,18)33-40(23(3)4,24(5)6)27-25(26)20-2/h20,23-24H,2,19,21-22H2,1,3-18H3. The van der Waals surface area contributed by atoms with E-state index in [1.165, 1.54) is 18.9 Å². The van der Waals surface area contributed by atoms with Crippen LogP contribution in [0.2, 0.25) is 95.7 Å². The van der Waals surface area contributed by atoms with Gasteiger partial charge in [-0.05, 0) is 84.6 Å². The number of rotatable bonds is 19. The molecule has 0 aromatic rings. The highest BCUT2D eigenvalue weighted by Crippen LogP contribution is 2.38. The summed E-state index contributed by atoms with van der Waals surface area (Å²) >= 11 is 0. The molecule has 0 amide bonds. The monoisotopic (exact) mass is 686 g/mol. The lowest BCUT2D eigenvalue weighted by atomic mass is 10.4. The van der Waals surface area contributed by atoms with Crippen LogP contribution in [0, 0.1) is 0 Å². The van der Waals surface area contributed by atoms with Crippen LogP contribution in [0.1, 0.15) is 47.5 Å². The van der Waals surface area contributed by atoms with Crippen LogP contribution in [-0.2, 0) is 33.9 Å². The predicted octanol–water partition coefficient (Wildman–Crippen LogP) is 8.59. The molecule has 0 saturated heterocycles. The Bertz CT molecular complexity index is 822. The van der Waals surface area contributed by atoms with E-state index in [1.807, 2.05) is 53.9 Å². The average molecular weight is 687 g/mol. The van der Waals surface area contributed by atoms with Crippen LogP contribution in [0.4, 0.5) is 0 Å². The van der Waals surface area contributed by atoms with Crippen molar-refractivity contribution in [1.82, 2.24) is 0 Å². The van der Waals surface area contributed by atoms with Gasteiger partial charge < -0.3 is 29.1 Å². The highest BCUT2D eigenvalue weighted by atomic mass is 28.5. The molecule has 40 heavy (non-hydrogen) atoms. The van der Waals surface area contributed by atoms with Gasteiger partial charge in [-0.25, -0.2) is 4.79 Å². The van der Waals surface area contributed by atoms with Gasteiger partial charge in [0.15, 0.2) is 8.32 Å². The molecule has 0 aliphatic carbocycles. The number of hydrogen-bond acceptors (Lipinski definition) is 8. The summed E-state index contributed by atoms with van der Waals surface area (Å²) in [6.07, 6.45) is 3.57. The SMILES string of the molecule is C=CC(=O)O[Si](O[Si](C)(C)O[Si](C)(C)O[Si](C)(C)O[Si](C)(C)O[Si](C)(C)O[Si](C)(C)CCCC)(C(C)C)C(C)C. The van der Waals surface area contributed by atoms with Gasteiger partial charge in [0.05, 0.1) is 0 Å². The van der Waals surface area contributed by atoms with Crippen molar-refractivity contribution in [2.45, 2.75) is 143 Å². The van der Waals surface area contributed by atoms with Crippen LogP contribution < -0.4 is 0 Å². The van der Waals surface area contributed by atoms with E-state index in [0.29, 0.717) is 0 Å². The predicted molar refractivity (Wildman–Crippen MR) is 183 cm³/mol. The Morgan fingerprint density at radius 1 is 0.625 bits per heavy atom. The highest BCUT2D eigenvalue weighted by Gasteiger charge is 2.54. The van der Waals surface area contributed by atoms with E-state index < -0.39 is 65.7 Å². The first kappa shape index (κ1) is 40.5. The fraction of sp³-hybridized carbons (Fsp3) is 0.880. The van der Waals surface area contributed by atoms with E-state index in [0.717, 1.165) is 6.04 Å². The number of hydrogen-bond donors (Lipinski definition) is 0. The van der Waals surface area contributed by atoms with Crippen LogP contribution >= 0.6 is 0 Å². The molecule has 238 valence electrons. The largest absolute Gasteiger partial charge is 0.491 e. The van der Waals surface area contributed by atoms with Crippen molar-refractivity contribution in [3.63, 3.8) is 0 Å². The molecule has 0 rings (SSSR count). The fourth-order valence-corrected chi connectivity index (χ4v) is 41.4. The minimum Gasteiger partial charge on any atom is -0.491 e. The van der Waals surface area contributed by atoms with Gasteiger partial charge in [0.1, 0.15) is 0 Å². The Labute approximate surface area is 254 Å². The summed E-state index contributed by atoms with van der Waals surface area (Å²) in [6.45, 7) is 39.2. The molecule has 0 aliphatic rings. The van der Waals surface area contributed by atoms with Crippen molar-refractivity contribution >= 4 is 65.7 Å². The molecule has 0 aromatic carbocycles. The second-order valence-electron chi connectivity index (χ2n) is 14.1. The van der Waals surface area contributed by atoms with E-state index >= 15 is 0 Å². The molecular weight excluding hydrogens is 625 g/mol. The highest BCUT2D eigenvalue weighted by molar-refractivity contribution is 6.92. The topological polar surface area (TPSA) is 81.7 Å². The van der Waals surface area contributed by atoms with Gasteiger partial charge in [0.25, 0.3) is 0 Å². The smallest absolute Gasteiger partial charge is 0.398 e. The van der Waals surface area contributed by atoms with Gasteiger partial charge in [-0.1, -0.05) is 54.0 Å². The summed E-state index contributed by atoms with van der Waals surface area (Å²) in [6, 6.07) is 1.14. The molecule has 0 aliphatic heterocycles. The van der Waals surface area contributed by atoms with Crippen molar-refractivity contribution in [3.8, 4) is 0 Å². The van der Waals surface area contributed by atoms with Crippen LogP contribution in [0.15, 0.2) is 12.7 Å². The molecule has 0 unspecified atom stereocenters. The average Bonchev–Trinajstić information content (AvgIpc) is 2.66. The number of carbonyl (C=O) groups excluding carboxylic acids is 1. The quantitative estimate of drug-likeness (QED) is 0.0987. The first-order chi connectivity index (χ1) is 17.6. The first-order valence-corrected chi connectivity index (χ1v) is 33.9. The summed E-state index contributed by atoms with van der Waals surface area (Å²) in [5.41, 5.74) is 0.0839. The maximum absolute atomic E-state index is 12.3. The maximum atomic E-state index is 12.3. The van der Waals surface area contributed by atoms with Crippen LogP contribution in [0.5, 0.6) is 0 Å². The minimum atomic E-state index is -2.98. The number of unbranched alkanes of at least 4 members (excludes halogenated alkanes) is 1. The summed E-state index contributed by atoms with van der Waals surface area (Å²) in [5, 5.41) is 0. The molecule has 0 fully saturated rings. The van der Waals surface area contributed by atoms with E-state index in [4.69, 9.17) is 29.1 Å². The van der Waals surface area contributed by atoms with Gasteiger partial charge in [-0.3, -0.25) is 0 Å². The van der Waals surface area contributed by atoms with Crippen molar-refractivity contribution < 1.29 is 33.9 Å². The molecule has 0 N–H and O–H groups in total. The van der Waals surface area contributed by atoms with Gasteiger partial charge >= 0.3 is 57.3 Å². The van der Waals surface area contributed by atoms with Crippen LogP contribution in [-0.4, -0.2) is 65.7 Å². The summed E-state index contributed by atoms with van der Waals surface area (Å²) < 4.78 is 46.3. The van der Waals surface area contributed by atoms with Gasteiger partial charge in [-0.15, -0.1) is 0 Å². The molecule has 8 nitrogen and oxygen atoms in total. The Balaban J connectivity index is 5.66. The Morgan fingerprint density at radius 3 is 1.25 bits per heavy atom. The molecule has 0 atom stereocenters. The minimum absolute atomic E-state index is 0.0420. The molecule has 0 radical (unpaired) electrons. The molecule has 0 bridgehead atoms. The van der Waals surface area contributed by atoms with E-state index in [9.17, 15) is 4.79 Å². The van der Waals surface area contributed by atoms with Gasteiger partial charge in [0.2, 0.25) is 0 Å². The second kappa shape index (κ2) is 15.0. The zero-order chi connectivity index (χ0) is 32.0. The summed E-state index contributed by atoms with van der Waals surface area (Å²) in [5.74, 6) is -0.451. The lowest BCUT2D eigenvalue weighted by molar-refractivity contribution is -0.131. The summed E-state index contributed by atoms with van der Waals surface area (Å²) in [4.78, 5) is 12.3. The third-order valence-corrected chi connectivity index (χ3v) is 34.5. The Kier molecular flexibility index (Phi) is 15.2. The molecule has 0 aromatic heterocycles. The molecular formula is C25H62O8Si7. The Morgan fingerprint density at radius 2 is 0.950 bits per heavy atom. The van der Waals surface area contributed by atoms with Crippen molar-refractivity contribution in [2.75, 3.05) is 0 Å². The summed E-state index contributed by atoms with van der Waals surface area (Å²) in [7, 11) is -17.9. The molecule has 0 heterocycles. The van der Waals surface area contributed by atoms with E-state index in [1.54, 1.807) is 0 Å². The van der Waals surface area contributed by atoms with Crippen molar-refractivity contribution in [2.24, 2.45) is 0 Å². The normalized spacial score (nSPS) is 14.7. The maximum Gasteiger partial charge on any atom is 0.398 e. The van der Waals surface area contributed by atoms with Crippen molar-refractivity contribution in [1.29, 1.82) is 0 Å². The lowest BCUT2D eigenvalue weighted by Crippen LogP contribution is -2.62. The van der Waals surface area contributed by atoms with Gasteiger partial charge in [-0.2, -0.15) is 0 Å². The Hall–Kier alpha value is 0.488. The third kappa shape index (κ3) is 14.8. The van der Waals surface area contributed by atoms with Crippen LogP contribution in [0.25, 0.3) is 0 Å². The zero-order valence-corrected chi connectivity index (χ0v) is 35.8. The lowest BCUT2D eigenvalue weighted by Gasteiger charge is -2.45. The van der Waals surface area contributed by atoms with E-state index in [-0.39, 0.29) is 11.1 Å². The molecule has 0 spiro atoms. The van der Waals surface area contributed by atoms with Gasteiger partial charge in [0, 0.05) is 17.2 Å². The first-order valence-electron chi connectivity index (χ1n) is 14.7.